The highest BCUT2D eigenvalue weighted by atomic mass is 35.5. The summed E-state index contributed by atoms with van der Waals surface area (Å²) in [5.74, 6) is 0.883. The van der Waals surface area contributed by atoms with Gasteiger partial charge in [0, 0.05) is 37.6 Å². The molecule has 0 radical (unpaired) electrons. The first-order chi connectivity index (χ1) is 10.3. The van der Waals surface area contributed by atoms with E-state index >= 15 is 0 Å². The summed E-state index contributed by atoms with van der Waals surface area (Å²) >= 11 is 1.69. The van der Waals surface area contributed by atoms with Gasteiger partial charge in [-0.05, 0) is 19.1 Å². The molecule has 1 aliphatic rings. The Morgan fingerprint density at radius 2 is 2.13 bits per heavy atom. The van der Waals surface area contributed by atoms with Crippen molar-refractivity contribution in [3.8, 4) is 16.3 Å². The SMILES string of the molecule is COc1ccccc1-c1nc(CN2CCNC[C@@H]2C)cs1.Cl.Cl. The molecular weight excluding hydrogens is 353 g/mol. The van der Waals surface area contributed by atoms with Crippen molar-refractivity contribution < 1.29 is 4.74 Å². The highest BCUT2D eigenvalue weighted by Crippen LogP contribution is 2.32. The van der Waals surface area contributed by atoms with E-state index in [9.17, 15) is 0 Å². The third-order valence-corrected chi connectivity index (χ3v) is 4.82. The number of piperazine rings is 1. The third kappa shape index (κ3) is 4.81. The quantitative estimate of drug-likeness (QED) is 0.887. The Morgan fingerprint density at radius 1 is 1.35 bits per heavy atom. The van der Waals surface area contributed by atoms with Crippen LogP contribution < -0.4 is 10.1 Å². The lowest BCUT2D eigenvalue weighted by Gasteiger charge is -2.33. The van der Waals surface area contributed by atoms with E-state index in [0.717, 1.165) is 48.2 Å². The highest BCUT2D eigenvalue weighted by Gasteiger charge is 2.19. The second kappa shape index (κ2) is 9.45. The van der Waals surface area contributed by atoms with Crippen molar-refractivity contribution in [2.45, 2.75) is 19.5 Å². The fourth-order valence-electron chi connectivity index (χ4n) is 2.65. The first-order valence-electron chi connectivity index (χ1n) is 7.30. The van der Waals surface area contributed by atoms with Gasteiger partial charge < -0.3 is 10.1 Å². The Bertz CT molecular complexity index is 609. The maximum absolute atomic E-state index is 5.42. The Labute approximate surface area is 154 Å². The van der Waals surface area contributed by atoms with Crippen LogP contribution in [0.5, 0.6) is 5.75 Å². The summed E-state index contributed by atoms with van der Waals surface area (Å²) in [7, 11) is 1.70. The highest BCUT2D eigenvalue weighted by molar-refractivity contribution is 7.13. The minimum atomic E-state index is 0. The average Bonchev–Trinajstić information content (AvgIpc) is 2.98. The molecule has 2 heterocycles. The smallest absolute Gasteiger partial charge is 0.129 e. The molecule has 0 amide bonds. The van der Waals surface area contributed by atoms with E-state index in [2.05, 4.69) is 28.6 Å². The van der Waals surface area contributed by atoms with Crippen molar-refractivity contribution in [1.82, 2.24) is 15.2 Å². The third-order valence-electron chi connectivity index (χ3n) is 3.89. The molecule has 1 aliphatic heterocycles. The van der Waals surface area contributed by atoms with Gasteiger partial charge in [-0.1, -0.05) is 12.1 Å². The van der Waals surface area contributed by atoms with Gasteiger partial charge >= 0.3 is 0 Å². The fraction of sp³-hybridized carbons (Fsp3) is 0.438. The molecule has 0 aliphatic carbocycles. The van der Waals surface area contributed by atoms with Crippen LogP contribution in [0, 0.1) is 0 Å². The van der Waals surface area contributed by atoms with Crippen LogP contribution in [0.25, 0.3) is 10.6 Å². The summed E-state index contributed by atoms with van der Waals surface area (Å²) in [5, 5.41) is 6.62. The van der Waals surface area contributed by atoms with Gasteiger partial charge in [0.05, 0.1) is 18.4 Å². The van der Waals surface area contributed by atoms with Gasteiger partial charge in [0.2, 0.25) is 0 Å². The zero-order valence-electron chi connectivity index (χ0n) is 13.3. The molecular formula is C16H23Cl2N3OS. The number of halogens is 2. The number of methoxy groups -OCH3 is 1. The normalized spacial score (nSPS) is 17.9. The summed E-state index contributed by atoms with van der Waals surface area (Å²) in [5.41, 5.74) is 2.22. The molecule has 128 valence electrons. The molecule has 4 nitrogen and oxygen atoms in total. The summed E-state index contributed by atoms with van der Waals surface area (Å²) in [6.45, 7) is 6.40. The molecule has 0 saturated carbocycles. The average molecular weight is 376 g/mol. The van der Waals surface area contributed by atoms with Crippen LogP contribution in [0.1, 0.15) is 12.6 Å². The zero-order chi connectivity index (χ0) is 14.7. The summed E-state index contributed by atoms with van der Waals surface area (Å²) in [6.07, 6.45) is 0. The summed E-state index contributed by atoms with van der Waals surface area (Å²) < 4.78 is 5.42. The first-order valence-corrected chi connectivity index (χ1v) is 8.18. The molecule has 0 bridgehead atoms. The first kappa shape index (κ1) is 20.2. The number of hydrogen-bond donors (Lipinski definition) is 1. The molecule has 0 spiro atoms. The maximum atomic E-state index is 5.42. The Morgan fingerprint density at radius 3 is 2.87 bits per heavy atom. The van der Waals surface area contributed by atoms with E-state index < -0.39 is 0 Å². The Balaban J connectivity index is 0.00000132. The number of hydrogen-bond acceptors (Lipinski definition) is 5. The van der Waals surface area contributed by atoms with Gasteiger partial charge in [-0.25, -0.2) is 4.98 Å². The minimum Gasteiger partial charge on any atom is -0.496 e. The molecule has 23 heavy (non-hydrogen) atoms. The molecule has 2 aromatic rings. The van der Waals surface area contributed by atoms with E-state index in [-0.39, 0.29) is 24.8 Å². The lowest BCUT2D eigenvalue weighted by atomic mass is 10.2. The van der Waals surface area contributed by atoms with Gasteiger partial charge in [-0.3, -0.25) is 4.90 Å². The molecule has 1 atom stereocenters. The van der Waals surface area contributed by atoms with E-state index in [1.165, 1.54) is 0 Å². The molecule has 1 fully saturated rings. The van der Waals surface area contributed by atoms with Crippen LogP contribution in [0.4, 0.5) is 0 Å². The number of nitrogens with zero attached hydrogens (tertiary/aromatic N) is 2. The van der Waals surface area contributed by atoms with Crippen LogP contribution in [-0.4, -0.2) is 42.7 Å². The second-order valence-corrected chi connectivity index (χ2v) is 6.23. The van der Waals surface area contributed by atoms with Crippen molar-refractivity contribution in [3.05, 3.63) is 35.3 Å². The van der Waals surface area contributed by atoms with Crippen molar-refractivity contribution >= 4 is 36.2 Å². The van der Waals surface area contributed by atoms with Crippen LogP contribution in [0.2, 0.25) is 0 Å². The monoisotopic (exact) mass is 375 g/mol. The molecule has 1 aromatic carbocycles. The Kier molecular flexibility index (Phi) is 8.29. The van der Waals surface area contributed by atoms with E-state index in [1.54, 1.807) is 18.4 Å². The minimum absolute atomic E-state index is 0. The van der Waals surface area contributed by atoms with Crippen LogP contribution in [0.3, 0.4) is 0 Å². The molecule has 1 saturated heterocycles. The molecule has 7 heteroatoms. The van der Waals surface area contributed by atoms with Crippen LogP contribution in [-0.2, 0) is 6.54 Å². The van der Waals surface area contributed by atoms with E-state index in [0.29, 0.717) is 6.04 Å². The predicted molar refractivity (Wildman–Crippen MR) is 101 cm³/mol. The van der Waals surface area contributed by atoms with Gasteiger partial charge in [-0.2, -0.15) is 0 Å². The van der Waals surface area contributed by atoms with Gasteiger partial charge in [0.25, 0.3) is 0 Å². The number of benzene rings is 1. The lowest BCUT2D eigenvalue weighted by molar-refractivity contribution is 0.164. The number of nitrogens with one attached hydrogen (secondary N) is 1. The number of ether oxygens (including phenoxy) is 1. The van der Waals surface area contributed by atoms with Crippen LogP contribution >= 0.6 is 36.2 Å². The van der Waals surface area contributed by atoms with Gasteiger partial charge in [0.1, 0.15) is 10.8 Å². The zero-order valence-corrected chi connectivity index (χ0v) is 15.8. The van der Waals surface area contributed by atoms with Gasteiger partial charge in [0.15, 0.2) is 0 Å². The Hall–Kier alpha value is -0.850. The standard InChI is InChI=1S/C16H21N3OS.2ClH/c1-12-9-17-7-8-19(12)10-13-11-21-16(18-13)14-5-3-4-6-15(14)20-2;;/h3-6,11-12,17H,7-10H2,1-2H3;2*1H/t12-;;/m0../s1. The van der Waals surface area contributed by atoms with E-state index in [1.807, 2.05) is 18.2 Å². The predicted octanol–water partition coefficient (Wildman–Crippen LogP) is 3.46. The van der Waals surface area contributed by atoms with Crippen molar-refractivity contribution in [2.75, 3.05) is 26.7 Å². The maximum Gasteiger partial charge on any atom is 0.129 e. The van der Waals surface area contributed by atoms with E-state index in [4.69, 9.17) is 9.72 Å². The fourth-order valence-corrected chi connectivity index (χ4v) is 3.49. The molecule has 0 unspecified atom stereocenters. The van der Waals surface area contributed by atoms with Crippen LogP contribution in [0.15, 0.2) is 29.6 Å². The lowest BCUT2D eigenvalue weighted by Crippen LogP contribution is -2.49. The molecule has 1 aromatic heterocycles. The summed E-state index contributed by atoms with van der Waals surface area (Å²) in [6, 6.07) is 8.62. The molecule has 1 N–H and O–H groups in total. The topological polar surface area (TPSA) is 37.4 Å². The number of rotatable bonds is 4. The second-order valence-electron chi connectivity index (χ2n) is 5.37. The number of aromatic nitrogens is 1. The largest absolute Gasteiger partial charge is 0.496 e. The van der Waals surface area contributed by atoms with Gasteiger partial charge in [-0.15, -0.1) is 36.2 Å². The summed E-state index contributed by atoms with van der Waals surface area (Å²) in [4.78, 5) is 7.28. The number of thiazole rings is 1. The van der Waals surface area contributed by atoms with Crippen molar-refractivity contribution in [2.24, 2.45) is 0 Å². The number of para-hydroxylation sites is 1. The van der Waals surface area contributed by atoms with Crippen molar-refractivity contribution in [1.29, 1.82) is 0 Å². The van der Waals surface area contributed by atoms with Crippen molar-refractivity contribution in [3.63, 3.8) is 0 Å². The molecule has 3 rings (SSSR count).